The molecule has 2 saturated heterocycles. The first-order valence-corrected chi connectivity index (χ1v) is 7.41. The van der Waals surface area contributed by atoms with Crippen molar-refractivity contribution in [3.8, 4) is 0 Å². The van der Waals surface area contributed by atoms with E-state index in [1.807, 2.05) is 6.92 Å². The number of amides is 4. The molecule has 2 heterocycles. The number of imide groups is 1. The molecule has 0 aromatic rings. The molecule has 4 amide bonds. The summed E-state index contributed by atoms with van der Waals surface area (Å²) in [5.74, 6) is -0.00463. The Morgan fingerprint density at radius 3 is 2.67 bits per heavy atom. The van der Waals surface area contributed by atoms with E-state index in [-0.39, 0.29) is 36.9 Å². The second-order valence-electron chi connectivity index (χ2n) is 5.96. The largest absolute Gasteiger partial charge is 0.391 e. The third kappa shape index (κ3) is 3.53. The highest BCUT2D eigenvalue weighted by Crippen LogP contribution is 2.18. The standard InChI is InChI=1S/C14H23N3O4/c1-10-5-7-16(8-11(10)18)12(19)4-3-6-17-13(20)9-15(2)14(17)21/h10-11,18H,3-9H2,1-2H3. The molecule has 2 atom stereocenters. The van der Waals surface area contributed by atoms with Crippen molar-refractivity contribution in [2.24, 2.45) is 5.92 Å². The Hall–Kier alpha value is -1.63. The van der Waals surface area contributed by atoms with E-state index in [2.05, 4.69) is 0 Å². The number of urea groups is 1. The van der Waals surface area contributed by atoms with Crippen LogP contribution in [0.15, 0.2) is 0 Å². The van der Waals surface area contributed by atoms with Gasteiger partial charge in [-0.15, -0.1) is 0 Å². The number of carbonyl (C=O) groups is 3. The predicted molar refractivity (Wildman–Crippen MR) is 75.3 cm³/mol. The number of β-amino-alcohol motifs (C(OH)–C–C–N with tert-alkyl or cyclic N) is 1. The van der Waals surface area contributed by atoms with Crippen molar-refractivity contribution in [1.29, 1.82) is 0 Å². The van der Waals surface area contributed by atoms with E-state index in [0.717, 1.165) is 6.42 Å². The molecule has 1 N–H and O–H groups in total. The van der Waals surface area contributed by atoms with E-state index in [0.29, 0.717) is 25.9 Å². The number of rotatable bonds is 4. The molecule has 118 valence electrons. The Kier molecular flexibility index (Phi) is 4.82. The Labute approximate surface area is 124 Å². The highest BCUT2D eigenvalue weighted by atomic mass is 16.3. The third-order valence-electron chi connectivity index (χ3n) is 4.27. The third-order valence-corrected chi connectivity index (χ3v) is 4.27. The predicted octanol–water partition coefficient (Wildman–Crippen LogP) is -0.110. The van der Waals surface area contributed by atoms with Crippen LogP contribution in [0.25, 0.3) is 0 Å². The first kappa shape index (κ1) is 15.8. The van der Waals surface area contributed by atoms with Crippen LogP contribution in [0.2, 0.25) is 0 Å². The monoisotopic (exact) mass is 297 g/mol. The molecule has 2 aliphatic rings. The average Bonchev–Trinajstić information content (AvgIpc) is 2.68. The van der Waals surface area contributed by atoms with Crippen LogP contribution >= 0.6 is 0 Å². The van der Waals surface area contributed by atoms with Crippen molar-refractivity contribution in [1.82, 2.24) is 14.7 Å². The molecule has 0 aliphatic carbocycles. The number of likely N-dealkylation sites (tertiary alicyclic amines) is 1. The molecule has 0 radical (unpaired) electrons. The summed E-state index contributed by atoms with van der Waals surface area (Å²) in [6.45, 7) is 3.42. The average molecular weight is 297 g/mol. The van der Waals surface area contributed by atoms with Gasteiger partial charge in [0.15, 0.2) is 0 Å². The van der Waals surface area contributed by atoms with Crippen molar-refractivity contribution in [2.75, 3.05) is 33.2 Å². The lowest BCUT2D eigenvalue weighted by Crippen LogP contribution is -2.46. The van der Waals surface area contributed by atoms with Gasteiger partial charge in [0.2, 0.25) is 11.8 Å². The zero-order valence-corrected chi connectivity index (χ0v) is 12.6. The minimum atomic E-state index is -0.460. The highest BCUT2D eigenvalue weighted by molar-refractivity contribution is 6.01. The fourth-order valence-electron chi connectivity index (χ4n) is 2.71. The van der Waals surface area contributed by atoms with E-state index in [1.54, 1.807) is 11.9 Å². The molecule has 2 rings (SSSR count). The van der Waals surface area contributed by atoms with Crippen LogP contribution in [-0.2, 0) is 9.59 Å². The Balaban J connectivity index is 1.75. The number of aliphatic hydroxyl groups excluding tert-OH is 1. The van der Waals surface area contributed by atoms with Gasteiger partial charge in [0.05, 0.1) is 6.10 Å². The molecule has 0 bridgehead atoms. The van der Waals surface area contributed by atoms with Crippen LogP contribution in [0.1, 0.15) is 26.2 Å². The van der Waals surface area contributed by atoms with Gasteiger partial charge in [0.1, 0.15) is 6.54 Å². The van der Waals surface area contributed by atoms with E-state index >= 15 is 0 Å². The number of hydrogen-bond acceptors (Lipinski definition) is 4. The molecule has 7 nitrogen and oxygen atoms in total. The first-order valence-electron chi connectivity index (χ1n) is 7.41. The topological polar surface area (TPSA) is 81.2 Å². The second kappa shape index (κ2) is 6.43. The summed E-state index contributed by atoms with van der Waals surface area (Å²) in [7, 11) is 1.58. The highest BCUT2D eigenvalue weighted by Gasteiger charge is 2.33. The molecule has 0 aromatic heterocycles. The molecular formula is C14H23N3O4. The van der Waals surface area contributed by atoms with E-state index in [1.165, 1.54) is 9.80 Å². The van der Waals surface area contributed by atoms with Crippen molar-refractivity contribution >= 4 is 17.8 Å². The smallest absolute Gasteiger partial charge is 0.326 e. The molecule has 0 saturated carbocycles. The summed E-state index contributed by atoms with van der Waals surface area (Å²) < 4.78 is 0. The number of carbonyl (C=O) groups excluding carboxylic acids is 3. The summed E-state index contributed by atoms with van der Waals surface area (Å²) in [6.07, 6.45) is 1.10. The zero-order valence-electron chi connectivity index (χ0n) is 12.6. The summed E-state index contributed by atoms with van der Waals surface area (Å²) in [4.78, 5) is 39.6. The van der Waals surface area contributed by atoms with Gasteiger partial charge in [0.25, 0.3) is 0 Å². The molecule has 21 heavy (non-hydrogen) atoms. The fourth-order valence-corrected chi connectivity index (χ4v) is 2.71. The van der Waals surface area contributed by atoms with Gasteiger partial charge in [-0.1, -0.05) is 6.92 Å². The quantitative estimate of drug-likeness (QED) is 0.734. The van der Waals surface area contributed by atoms with Crippen LogP contribution in [0.4, 0.5) is 4.79 Å². The van der Waals surface area contributed by atoms with Crippen molar-refractivity contribution < 1.29 is 19.5 Å². The van der Waals surface area contributed by atoms with E-state index in [4.69, 9.17) is 0 Å². The molecule has 2 unspecified atom stereocenters. The molecule has 0 spiro atoms. The minimum Gasteiger partial charge on any atom is -0.391 e. The zero-order chi connectivity index (χ0) is 15.6. The lowest BCUT2D eigenvalue weighted by molar-refractivity contribution is -0.136. The van der Waals surface area contributed by atoms with Crippen molar-refractivity contribution in [3.63, 3.8) is 0 Å². The fraction of sp³-hybridized carbons (Fsp3) is 0.786. The lowest BCUT2D eigenvalue weighted by atomic mass is 9.96. The Bertz CT molecular complexity index is 440. The second-order valence-corrected chi connectivity index (χ2v) is 5.96. The Morgan fingerprint density at radius 1 is 1.38 bits per heavy atom. The van der Waals surface area contributed by atoms with Crippen molar-refractivity contribution in [2.45, 2.75) is 32.3 Å². The summed E-state index contributed by atoms with van der Waals surface area (Å²) in [5.41, 5.74) is 0. The molecule has 2 fully saturated rings. The van der Waals surface area contributed by atoms with Gasteiger partial charge in [-0.25, -0.2) is 4.79 Å². The van der Waals surface area contributed by atoms with Gasteiger partial charge in [-0.05, 0) is 18.8 Å². The van der Waals surface area contributed by atoms with Crippen LogP contribution in [0.3, 0.4) is 0 Å². The van der Waals surface area contributed by atoms with Crippen LogP contribution in [-0.4, -0.2) is 77.0 Å². The summed E-state index contributed by atoms with van der Waals surface area (Å²) in [6, 6.07) is -0.297. The van der Waals surface area contributed by atoms with Crippen LogP contribution in [0.5, 0.6) is 0 Å². The van der Waals surface area contributed by atoms with Crippen LogP contribution < -0.4 is 0 Å². The maximum Gasteiger partial charge on any atom is 0.326 e. The van der Waals surface area contributed by atoms with Gasteiger partial charge in [-0.2, -0.15) is 0 Å². The maximum absolute atomic E-state index is 12.1. The lowest BCUT2D eigenvalue weighted by Gasteiger charge is -2.34. The SMILES string of the molecule is CC1CCN(C(=O)CCCN2C(=O)CN(C)C2=O)CC1O. The summed E-state index contributed by atoms with van der Waals surface area (Å²) in [5, 5.41) is 9.80. The maximum atomic E-state index is 12.1. The number of aliphatic hydroxyl groups is 1. The number of nitrogens with zero attached hydrogens (tertiary/aromatic N) is 3. The molecule has 7 heteroatoms. The number of likely N-dealkylation sites (N-methyl/N-ethyl adjacent to an activating group) is 1. The van der Waals surface area contributed by atoms with Gasteiger partial charge >= 0.3 is 6.03 Å². The van der Waals surface area contributed by atoms with Gasteiger partial charge in [-0.3, -0.25) is 14.5 Å². The molecular weight excluding hydrogens is 274 g/mol. The molecule has 2 aliphatic heterocycles. The van der Waals surface area contributed by atoms with Gasteiger partial charge < -0.3 is 14.9 Å². The van der Waals surface area contributed by atoms with Crippen LogP contribution in [0, 0.1) is 5.92 Å². The normalized spacial score (nSPS) is 26.7. The van der Waals surface area contributed by atoms with Gasteiger partial charge in [0, 0.05) is 33.1 Å². The minimum absolute atomic E-state index is 0.0200. The van der Waals surface area contributed by atoms with Crippen molar-refractivity contribution in [3.05, 3.63) is 0 Å². The van der Waals surface area contributed by atoms with E-state index in [9.17, 15) is 19.5 Å². The Morgan fingerprint density at radius 2 is 2.10 bits per heavy atom. The summed E-state index contributed by atoms with van der Waals surface area (Å²) >= 11 is 0. The molecule has 0 aromatic carbocycles. The number of hydrogen-bond donors (Lipinski definition) is 1. The van der Waals surface area contributed by atoms with E-state index < -0.39 is 6.10 Å². The first-order chi connectivity index (χ1) is 9.90. The number of piperidine rings is 1.